The number of likely N-dealkylation sites (tertiary alicyclic amines) is 1. The monoisotopic (exact) mass is 192 g/mol. The second-order valence-corrected chi connectivity index (χ2v) is 3.86. The molecule has 1 fully saturated rings. The molecule has 14 heavy (non-hydrogen) atoms. The van der Waals surface area contributed by atoms with Crippen molar-refractivity contribution in [2.45, 2.75) is 25.4 Å². The van der Waals surface area contributed by atoms with Crippen LogP contribution in [0.1, 0.15) is 18.4 Å². The van der Waals surface area contributed by atoms with Gasteiger partial charge in [0.2, 0.25) is 0 Å². The minimum atomic E-state index is 0.401. The van der Waals surface area contributed by atoms with Crippen LogP contribution >= 0.6 is 0 Å². The molecule has 2 N–H and O–H groups in total. The number of nitrogens with zero attached hydrogens (tertiary/aromatic N) is 3. The topological polar surface area (TPSA) is 55.0 Å². The van der Waals surface area contributed by atoms with Gasteiger partial charge < -0.3 is 5.73 Å². The highest BCUT2D eigenvalue weighted by atomic mass is 15.1. The third-order valence-corrected chi connectivity index (χ3v) is 2.65. The minimum absolute atomic E-state index is 0.401. The zero-order chi connectivity index (χ0) is 9.80. The van der Waals surface area contributed by atoms with E-state index in [9.17, 15) is 0 Å². The van der Waals surface area contributed by atoms with Gasteiger partial charge >= 0.3 is 0 Å². The highest BCUT2D eigenvalue weighted by Gasteiger charge is 2.15. The first-order valence-electron chi connectivity index (χ1n) is 5.06. The molecule has 0 unspecified atom stereocenters. The fraction of sp³-hybridized carbons (Fsp3) is 0.600. The summed E-state index contributed by atoms with van der Waals surface area (Å²) in [5.41, 5.74) is 7.02. The largest absolute Gasteiger partial charge is 0.328 e. The summed E-state index contributed by atoms with van der Waals surface area (Å²) in [7, 11) is 0. The van der Waals surface area contributed by atoms with Crippen LogP contribution in [0.2, 0.25) is 0 Å². The van der Waals surface area contributed by atoms with Crippen molar-refractivity contribution < 1.29 is 0 Å². The van der Waals surface area contributed by atoms with Gasteiger partial charge in [0, 0.05) is 30.5 Å². The fourth-order valence-electron chi connectivity index (χ4n) is 1.78. The molecule has 0 aliphatic carbocycles. The summed E-state index contributed by atoms with van der Waals surface area (Å²) in [6.45, 7) is 3.14. The first-order valence-corrected chi connectivity index (χ1v) is 5.06. The molecule has 0 atom stereocenters. The van der Waals surface area contributed by atoms with E-state index in [1.165, 1.54) is 5.56 Å². The predicted octanol–water partition coefficient (Wildman–Crippen LogP) is 0.400. The Balaban J connectivity index is 1.87. The van der Waals surface area contributed by atoms with Crippen LogP contribution in [0.4, 0.5) is 0 Å². The molecule has 0 radical (unpaired) electrons. The van der Waals surface area contributed by atoms with Crippen LogP contribution in [0.5, 0.6) is 0 Å². The third-order valence-electron chi connectivity index (χ3n) is 2.65. The molecular weight excluding hydrogens is 176 g/mol. The molecule has 76 valence electrons. The second-order valence-electron chi connectivity index (χ2n) is 3.86. The van der Waals surface area contributed by atoms with Gasteiger partial charge in [-0.1, -0.05) is 0 Å². The van der Waals surface area contributed by atoms with Crippen molar-refractivity contribution in [1.82, 2.24) is 14.9 Å². The highest BCUT2D eigenvalue weighted by Crippen LogP contribution is 2.11. The Morgan fingerprint density at radius 1 is 1.29 bits per heavy atom. The lowest BCUT2D eigenvalue weighted by molar-refractivity contribution is 0.205. The summed E-state index contributed by atoms with van der Waals surface area (Å²) in [5, 5.41) is 0. The van der Waals surface area contributed by atoms with Crippen molar-refractivity contribution in [2.24, 2.45) is 5.73 Å². The Bertz CT molecular complexity index is 267. The Morgan fingerprint density at radius 2 is 1.93 bits per heavy atom. The highest BCUT2D eigenvalue weighted by molar-refractivity contribution is 5.02. The van der Waals surface area contributed by atoms with Crippen molar-refractivity contribution in [3.63, 3.8) is 0 Å². The number of piperidine rings is 1. The smallest absolute Gasteiger partial charge is 0.115 e. The standard InChI is InChI=1S/C10H16N4/c11-10-1-3-14(4-2-10)7-9-5-12-8-13-6-9/h5-6,8,10H,1-4,7,11H2. The van der Waals surface area contributed by atoms with E-state index >= 15 is 0 Å². The molecule has 1 aliphatic heterocycles. The van der Waals surface area contributed by atoms with Crippen LogP contribution in [0, 0.1) is 0 Å². The summed E-state index contributed by atoms with van der Waals surface area (Å²) in [4.78, 5) is 10.4. The maximum atomic E-state index is 5.84. The van der Waals surface area contributed by atoms with Crippen molar-refractivity contribution >= 4 is 0 Å². The van der Waals surface area contributed by atoms with Gasteiger partial charge in [0.25, 0.3) is 0 Å². The zero-order valence-electron chi connectivity index (χ0n) is 8.26. The SMILES string of the molecule is NC1CCN(Cc2cncnc2)CC1. The van der Waals surface area contributed by atoms with Gasteiger partial charge in [0.1, 0.15) is 6.33 Å². The molecule has 1 aliphatic rings. The van der Waals surface area contributed by atoms with Crippen LogP contribution in [-0.4, -0.2) is 34.0 Å². The molecular formula is C10H16N4. The molecule has 0 amide bonds. The summed E-state index contributed by atoms with van der Waals surface area (Å²) in [5.74, 6) is 0. The quantitative estimate of drug-likeness (QED) is 0.737. The molecule has 2 heterocycles. The van der Waals surface area contributed by atoms with E-state index in [0.29, 0.717) is 6.04 Å². The minimum Gasteiger partial charge on any atom is -0.328 e. The molecule has 4 nitrogen and oxygen atoms in total. The van der Waals surface area contributed by atoms with Crippen molar-refractivity contribution in [3.8, 4) is 0 Å². The van der Waals surface area contributed by atoms with Gasteiger partial charge in [-0.15, -0.1) is 0 Å². The summed E-state index contributed by atoms with van der Waals surface area (Å²) >= 11 is 0. The first-order chi connectivity index (χ1) is 6.84. The lowest BCUT2D eigenvalue weighted by Gasteiger charge is -2.29. The van der Waals surface area contributed by atoms with Crippen molar-refractivity contribution in [3.05, 3.63) is 24.3 Å². The predicted molar refractivity (Wildman–Crippen MR) is 54.5 cm³/mol. The summed E-state index contributed by atoms with van der Waals surface area (Å²) in [6.07, 6.45) is 7.53. The van der Waals surface area contributed by atoms with Crippen LogP contribution in [0.15, 0.2) is 18.7 Å². The van der Waals surface area contributed by atoms with Gasteiger partial charge in [-0.3, -0.25) is 4.90 Å². The van der Waals surface area contributed by atoms with Crippen molar-refractivity contribution in [1.29, 1.82) is 0 Å². The Morgan fingerprint density at radius 3 is 2.57 bits per heavy atom. The Labute approximate surface area is 84.2 Å². The molecule has 0 spiro atoms. The molecule has 2 rings (SSSR count). The molecule has 0 aromatic carbocycles. The summed E-state index contributed by atoms with van der Waals surface area (Å²) in [6, 6.07) is 0.401. The van der Waals surface area contributed by atoms with Gasteiger partial charge in [0.05, 0.1) is 0 Å². The van der Waals surface area contributed by atoms with E-state index in [0.717, 1.165) is 32.5 Å². The number of aromatic nitrogens is 2. The Hall–Kier alpha value is -1.00. The zero-order valence-corrected chi connectivity index (χ0v) is 8.26. The maximum Gasteiger partial charge on any atom is 0.115 e. The molecule has 1 aromatic heterocycles. The van der Waals surface area contributed by atoms with Crippen LogP contribution in [0.25, 0.3) is 0 Å². The van der Waals surface area contributed by atoms with Crippen molar-refractivity contribution in [2.75, 3.05) is 13.1 Å². The summed E-state index contributed by atoms with van der Waals surface area (Å²) < 4.78 is 0. The van der Waals surface area contributed by atoms with Gasteiger partial charge in [-0.2, -0.15) is 0 Å². The van der Waals surface area contributed by atoms with Crippen LogP contribution in [0.3, 0.4) is 0 Å². The molecule has 1 aromatic rings. The average molecular weight is 192 g/mol. The lowest BCUT2D eigenvalue weighted by atomic mass is 10.1. The van der Waals surface area contributed by atoms with E-state index in [1.807, 2.05) is 12.4 Å². The van der Waals surface area contributed by atoms with E-state index in [1.54, 1.807) is 6.33 Å². The number of hydrogen-bond acceptors (Lipinski definition) is 4. The van der Waals surface area contributed by atoms with Gasteiger partial charge in [0.15, 0.2) is 0 Å². The Kier molecular flexibility index (Phi) is 3.06. The second kappa shape index (κ2) is 4.48. The van der Waals surface area contributed by atoms with Gasteiger partial charge in [-0.05, 0) is 25.9 Å². The van der Waals surface area contributed by atoms with E-state index < -0.39 is 0 Å². The van der Waals surface area contributed by atoms with Gasteiger partial charge in [-0.25, -0.2) is 9.97 Å². The molecule has 4 heteroatoms. The third kappa shape index (κ3) is 2.49. The fourth-order valence-corrected chi connectivity index (χ4v) is 1.78. The maximum absolute atomic E-state index is 5.84. The van der Waals surface area contributed by atoms with E-state index in [4.69, 9.17) is 5.73 Å². The lowest BCUT2D eigenvalue weighted by Crippen LogP contribution is -2.39. The molecule has 0 saturated carbocycles. The number of nitrogens with two attached hydrogens (primary N) is 1. The normalized spacial score (nSPS) is 19.8. The first kappa shape index (κ1) is 9.55. The average Bonchev–Trinajstić information content (AvgIpc) is 2.23. The molecule has 1 saturated heterocycles. The van der Waals surface area contributed by atoms with Crippen LogP contribution < -0.4 is 5.73 Å². The molecule has 0 bridgehead atoms. The van der Waals surface area contributed by atoms with E-state index in [2.05, 4.69) is 14.9 Å². The number of rotatable bonds is 2. The van der Waals surface area contributed by atoms with E-state index in [-0.39, 0.29) is 0 Å². The number of hydrogen-bond donors (Lipinski definition) is 1. The van der Waals surface area contributed by atoms with Crippen LogP contribution in [-0.2, 0) is 6.54 Å².